The van der Waals surface area contributed by atoms with E-state index < -0.39 is 0 Å². The Kier molecular flexibility index (Phi) is 3.86. The molecule has 0 heterocycles. The van der Waals surface area contributed by atoms with Gasteiger partial charge in [-0.05, 0) is 25.1 Å². The number of ether oxygens (including phenoxy) is 1. The maximum atomic E-state index is 12.7. The highest BCUT2D eigenvalue weighted by molar-refractivity contribution is 8.04. The molecule has 0 fully saturated rings. The third-order valence-electron chi connectivity index (χ3n) is 3.56. The molecule has 22 heavy (non-hydrogen) atoms. The summed E-state index contributed by atoms with van der Waals surface area (Å²) in [4.78, 5) is 26.5. The molecule has 0 saturated heterocycles. The van der Waals surface area contributed by atoms with Crippen molar-refractivity contribution in [2.75, 3.05) is 7.11 Å². The van der Waals surface area contributed by atoms with Crippen molar-refractivity contribution in [1.29, 1.82) is 0 Å². The van der Waals surface area contributed by atoms with E-state index in [0.717, 1.165) is 10.6 Å². The monoisotopic (exact) mass is 310 g/mol. The van der Waals surface area contributed by atoms with E-state index in [1.165, 1.54) is 11.8 Å². The molecule has 1 aliphatic carbocycles. The van der Waals surface area contributed by atoms with Crippen LogP contribution in [0.2, 0.25) is 0 Å². The van der Waals surface area contributed by atoms with E-state index >= 15 is 0 Å². The summed E-state index contributed by atoms with van der Waals surface area (Å²) in [6.45, 7) is 1.71. The fraction of sp³-hybridized carbons (Fsp3) is 0.111. The Balaban J connectivity index is 2.01. The fourth-order valence-corrected chi connectivity index (χ4v) is 3.39. The smallest absolute Gasteiger partial charge is 0.200 e. The number of allylic oxidation sites excluding steroid dienone is 2. The van der Waals surface area contributed by atoms with Crippen molar-refractivity contribution in [3.63, 3.8) is 0 Å². The van der Waals surface area contributed by atoms with Crippen LogP contribution in [0.15, 0.2) is 63.9 Å². The molecule has 0 saturated carbocycles. The predicted octanol–water partition coefficient (Wildman–Crippen LogP) is 4.14. The molecule has 110 valence electrons. The first kappa shape index (κ1) is 14.6. The average Bonchev–Trinajstić information content (AvgIpc) is 2.57. The molecule has 0 unspecified atom stereocenters. The van der Waals surface area contributed by atoms with Crippen LogP contribution in [0, 0.1) is 0 Å². The maximum Gasteiger partial charge on any atom is 0.200 e. The number of thioether (sulfide) groups is 1. The number of carbonyl (C=O) groups excluding carboxylic acids is 2. The fourth-order valence-electron chi connectivity index (χ4n) is 2.38. The normalized spacial score (nSPS) is 14.1. The van der Waals surface area contributed by atoms with Crippen molar-refractivity contribution < 1.29 is 14.3 Å². The summed E-state index contributed by atoms with van der Waals surface area (Å²) in [5.41, 5.74) is 1.46. The van der Waals surface area contributed by atoms with Gasteiger partial charge in [0.25, 0.3) is 0 Å². The molecule has 0 aliphatic heterocycles. The molecular formula is C18H14O3S. The number of hydrogen-bond acceptors (Lipinski definition) is 4. The van der Waals surface area contributed by atoms with Crippen LogP contribution in [0.5, 0.6) is 5.75 Å². The Morgan fingerprint density at radius 2 is 1.59 bits per heavy atom. The second-order valence-electron chi connectivity index (χ2n) is 4.94. The summed E-state index contributed by atoms with van der Waals surface area (Å²) < 4.78 is 5.19. The van der Waals surface area contributed by atoms with Gasteiger partial charge >= 0.3 is 0 Å². The van der Waals surface area contributed by atoms with Crippen molar-refractivity contribution in [1.82, 2.24) is 0 Å². The highest BCUT2D eigenvalue weighted by Gasteiger charge is 2.30. The first-order valence-corrected chi connectivity index (χ1v) is 7.64. The van der Waals surface area contributed by atoms with Gasteiger partial charge in [-0.25, -0.2) is 0 Å². The second-order valence-corrected chi connectivity index (χ2v) is 6.02. The van der Waals surface area contributed by atoms with E-state index in [9.17, 15) is 9.59 Å². The Morgan fingerprint density at radius 3 is 2.27 bits per heavy atom. The lowest BCUT2D eigenvalue weighted by Crippen LogP contribution is -2.19. The van der Waals surface area contributed by atoms with Gasteiger partial charge in [-0.1, -0.05) is 42.1 Å². The third kappa shape index (κ3) is 2.46. The first-order chi connectivity index (χ1) is 10.6. The molecule has 2 aromatic carbocycles. The van der Waals surface area contributed by atoms with Gasteiger partial charge in [0.15, 0.2) is 5.78 Å². The number of hydrogen-bond donors (Lipinski definition) is 0. The molecule has 3 nitrogen and oxygen atoms in total. The maximum absolute atomic E-state index is 12.7. The molecule has 4 heteroatoms. The van der Waals surface area contributed by atoms with Gasteiger partial charge in [0.05, 0.1) is 12.0 Å². The number of Topliss-reactive ketones (excluding diaryl/α,β-unsaturated/α-hetero) is 2. The minimum Gasteiger partial charge on any atom is -0.497 e. The van der Waals surface area contributed by atoms with Crippen LogP contribution in [-0.4, -0.2) is 18.7 Å². The standard InChI is InChI=1S/C18H14O3S/c1-11-16(19)14-8-3-4-9-15(14)17(20)18(11)22-13-7-5-6-12(10-13)21-2/h3-10H,1-2H3. The van der Waals surface area contributed by atoms with E-state index in [4.69, 9.17) is 4.74 Å². The van der Waals surface area contributed by atoms with Crippen LogP contribution in [0.25, 0.3) is 0 Å². The van der Waals surface area contributed by atoms with Crippen LogP contribution in [0.4, 0.5) is 0 Å². The van der Waals surface area contributed by atoms with Gasteiger partial charge in [-0.3, -0.25) is 9.59 Å². The van der Waals surface area contributed by atoms with Crippen molar-refractivity contribution >= 4 is 23.3 Å². The lowest BCUT2D eigenvalue weighted by molar-refractivity contribution is 0.0981. The van der Waals surface area contributed by atoms with E-state index in [2.05, 4.69) is 0 Å². The van der Waals surface area contributed by atoms with Crippen LogP contribution in [0.1, 0.15) is 27.6 Å². The number of methoxy groups -OCH3 is 1. The van der Waals surface area contributed by atoms with E-state index in [-0.39, 0.29) is 11.6 Å². The van der Waals surface area contributed by atoms with Crippen LogP contribution in [0.3, 0.4) is 0 Å². The van der Waals surface area contributed by atoms with Gasteiger partial charge in [-0.15, -0.1) is 0 Å². The minimum absolute atomic E-state index is 0.0828. The SMILES string of the molecule is COc1cccc(SC2=C(C)C(=O)c3ccccc3C2=O)c1. The van der Waals surface area contributed by atoms with Crippen molar-refractivity contribution in [3.8, 4) is 5.75 Å². The summed E-state index contributed by atoms with van der Waals surface area (Å²) in [6, 6.07) is 14.4. The topological polar surface area (TPSA) is 43.4 Å². The molecule has 2 aromatic rings. The van der Waals surface area contributed by atoms with Crippen molar-refractivity contribution in [2.24, 2.45) is 0 Å². The third-order valence-corrected chi connectivity index (χ3v) is 4.75. The van der Waals surface area contributed by atoms with Crippen molar-refractivity contribution in [3.05, 3.63) is 70.1 Å². The largest absolute Gasteiger partial charge is 0.497 e. The number of rotatable bonds is 3. The van der Waals surface area contributed by atoms with Crippen LogP contribution < -0.4 is 4.74 Å². The average molecular weight is 310 g/mol. The van der Waals surface area contributed by atoms with E-state index in [1.807, 2.05) is 24.3 Å². The zero-order valence-electron chi connectivity index (χ0n) is 12.3. The number of benzene rings is 2. The number of ketones is 2. The molecule has 1 aliphatic rings. The molecule has 0 atom stereocenters. The second kappa shape index (κ2) is 5.81. The summed E-state index contributed by atoms with van der Waals surface area (Å²) in [6.07, 6.45) is 0. The molecule has 3 rings (SSSR count). The van der Waals surface area contributed by atoms with Gasteiger partial charge in [0.2, 0.25) is 5.78 Å². The summed E-state index contributed by atoms with van der Waals surface area (Å²) in [5, 5.41) is 0. The van der Waals surface area contributed by atoms with Gasteiger partial charge in [0.1, 0.15) is 5.75 Å². The molecule has 0 radical (unpaired) electrons. The van der Waals surface area contributed by atoms with Gasteiger partial charge in [0, 0.05) is 21.6 Å². The Morgan fingerprint density at radius 1 is 0.909 bits per heavy atom. The zero-order chi connectivity index (χ0) is 15.7. The molecule has 0 N–H and O–H groups in total. The van der Waals surface area contributed by atoms with E-state index in [1.54, 1.807) is 38.3 Å². The Bertz CT molecular complexity index is 805. The summed E-state index contributed by atoms with van der Waals surface area (Å²) in [7, 11) is 1.60. The highest BCUT2D eigenvalue weighted by atomic mass is 32.2. The molecule has 0 bridgehead atoms. The Hall–Kier alpha value is -2.33. The molecule has 0 aromatic heterocycles. The summed E-state index contributed by atoms with van der Waals surface area (Å²) in [5.74, 6) is 0.541. The highest BCUT2D eigenvalue weighted by Crippen LogP contribution is 2.37. The van der Waals surface area contributed by atoms with Gasteiger partial charge < -0.3 is 4.74 Å². The quantitative estimate of drug-likeness (QED) is 0.854. The molecule has 0 spiro atoms. The van der Waals surface area contributed by atoms with Crippen LogP contribution >= 0.6 is 11.8 Å². The van der Waals surface area contributed by atoms with Crippen LogP contribution in [-0.2, 0) is 0 Å². The predicted molar refractivity (Wildman–Crippen MR) is 86.7 cm³/mol. The molecular weight excluding hydrogens is 296 g/mol. The van der Waals surface area contributed by atoms with E-state index in [0.29, 0.717) is 21.6 Å². The minimum atomic E-state index is -0.0967. The summed E-state index contributed by atoms with van der Waals surface area (Å²) >= 11 is 1.31. The van der Waals surface area contributed by atoms with Gasteiger partial charge in [-0.2, -0.15) is 0 Å². The number of carbonyl (C=O) groups is 2. The lowest BCUT2D eigenvalue weighted by Gasteiger charge is -2.18. The van der Waals surface area contributed by atoms with Crippen molar-refractivity contribution in [2.45, 2.75) is 11.8 Å². The Labute approximate surface area is 133 Å². The lowest BCUT2D eigenvalue weighted by atomic mass is 9.90. The molecule has 0 amide bonds. The number of fused-ring (bicyclic) bond motifs is 1. The first-order valence-electron chi connectivity index (χ1n) is 6.83. The zero-order valence-corrected chi connectivity index (χ0v) is 13.1.